The minimum absolute atomic E-state index is 0.104. The van der Waals surface area contributed by atoms with Gasteiger partial charge in [-0.2, -0.15) is 0 Å². The molecule has 0 aliphatic carbocycles. The second kappa shape index (κ2) is 8.44. The van der Waals surface area contributed by atoms with Gasteiger partial charge in [0.25, 0.3) is 0 Å². The maximum atomic E-state index is 13.4. The van der Waals surface area contributed by atoms with Gasteiger partial charge >= 0.3 is 0 Å². The smallest absolute Gasteiger partial charge is 0.217 e. The Labute approximate surface area is 180 Å². The SMILES string of the molecule is CC(=O)N[C@@]1(C)C[C@@H](c2ccc(F)cc2)O[C@@H](c2cc(Cl)c3c(c2)OCCCO3)C1. The number of nitrogens with one attached hydrogen (secondary N) is 1. The van der Waals surface area contributed by atoms with Crippen molar-refractivity contribution >= 4 is 17.5 Å². The summed E-state index contributed by atoms with van der Waals surface area (Å²) in [6, 6.07) is 10.0. The Balaban J connectivity index is 1.69. The predicted molar refractivity (Wildman–Crippen MR) is 111 cm³/mol. The molecule has 2 heterocycles. The molecule has 5 nitrogen and oxygen atoms in total. The first kappa shape index (κ1) is 20.9. The molecule has 2 aliphatic rings. The maximum absolute atomic E-state index is 13.4. The number of carbonyl (C=O) groups excluding carboxylic acids is 1. The molecule has 2 aromatic carbocycles. The first-order valence-corrected chi connectivity index (χ1v) is 10.5. The van der Waals surface area contributed by atoms with Crippen molar-refractivity contribution in [1.29, 1.82) is 0 Å². The fourth-order valence-electron chi connectivity index (χ4n) is 4.23. The van der Waals surface area contributed by atoms with Gasteiger partial charge in [0.15, 0.2) is 11.5 Å². The molecule has 2 aromatic rings. The van der Waals surface area contributed by atoms with E-state index in [1.807, 2.05) is 19.1 Å². The lowest BCUT2D eigenvalue weighted by molar-refractivity contribution is -0.126. The average Bonchev–Trinajstić information content (AvgIpc) is 2.93. The van der Waals surface area contributed by atoms with Crippen molar-refractivity contribution < 1.29 is 23.4 Å². The van der Waals surface area contributed by atoms with Crippen molar-refractivity contribution in [3.8, 4) is 11.5 Å². The van der Waals surface area contributed by atoms with E-state index in [0.29, 0.717) is 42.6 Å². The van der Waals surface area contributed by atoms with Crippen LogP contribution in [0.5, 0.6) is 11.5 Å². The monoisotopic (exact) mass is 433 g/mol. The highest BCUT2D eigenvalue weighted by Gasteiger charge is 2.40. The third-order valence-corrected chi connectivity index (χ3v) is 5.80. The molecule has 0 unspecified atom stereocenters. The van der Waals surface area contributed by atoms with Crippen LogP contribution in [-0.4, -0.2) is 24.7 Å². The summed E-state index contributed by atoms with van der Waals surface area (Å²) < 4.78 is 31.4. The second-order valence-corrected chi connectivity index (χ2v) is 8.60. The molecule has 0 bridgehead atoms. The molecule has 7 heteroatoms. The molecule has 1 saturated heterocycles. The topological polar surface area (TPSA) is 56.8 Å². The van der Waals surface area contributed by atoms with E-state index in [9.17, 15) is 9.18 Å². The highest BCUT2D eigenvalue weighted by atomic mass is 35.5. The van der Waals surface area contributed by atoms with Crippen molar-refractivity contribution in [2.45, 2.75) is 50.9 Å². The number of amides is 1. The number of hydrogen-bond donors (Lipinski definition) is 1. The van der Waals surface area contributed by atoms with Gasteiger partial charge in [0.1, 0.15) is 5.82 Å². The standard InChI is InChI=1S/C23H25ClFNO4/c1-14(27)26-23(2)12-20(15-4-6-17(25)7-5-15)30-21(13-23)16-10-18(24)22-19(11-16)28-8-3-9-29-22/h4-7,10-11,20-21H,3,8-9,12-13H2,1-2H3,(H,26,27)/t20-,21+,23-/m0/s1. The van der Waals surface area contributed by atoms with Gasteiger partial charge in [0.05, 0.1) is 30.4 Å². The van der Waals surface area contributed by atoms with Crippen molar-refractivity contribution in [2.75, 3.05) is 13.2 Å². The van der Waals surface area contributed by atoms with Crippen molar-refractivity contribution in [3.05, 3.63) is 58.4 Å². The van der Waals surface area contributed by atoms with E-state index in [1.54, 1.807) is 12.1 Å². The summed E-state index contributed by atoms with van der Waals surface area (Å²) in [5, 5.41) is 3.54. The maximum Gasteiger partial charge on any atom is 0.217 e. The fraction of sp³-hybridized carbons (Fsp3) is 0.435. The Morgan fingerprint density at radius 2 is 1.77 bits per heavy atom. The zero-order valence-corrected chi connectivity index (χ0v) is 17.8. The number of benzene rings is 2. The average molecular weight is 434 g/mol. The molecule has 1 N–H and O–H groups in total. The van der Waals surface area contributed by atoms with Gasteiger partial charge in [-0.15, -0.1) is 0 Å². The molecule has 1 fully saturated rings. The fourth-order valence-corrected chi connectivity index (χ4v) is 4.50. The molecule has 0 saturated carbocycles. The molecule has 3 atom stereocenters. The van der Waals surface area contributed by atoms with Crippen LogP contribution >= 0.6 is 11.6 Å². The summed E-state index contributed by atoms with van der Waals surface area (Å²) in [5.74, 6) is 0.746. The number of carbonyl (C=O) groups is 1. The molecule has 160 valence electrons. The Morgan fingerprint density at radius 3 is 2.47 bits per heavy atom. The van der Waals surface area contributed by atoms with Crippen molar-refractivity contribution in [3.63, 3.8) is 0 Å². The van der Waals surface area contributed by atoms with Crippen LogP contribution in [0, 0.1) is 5.82 Å². The molecular formula is C23H25ClFNO4. The summed E-state index contributed by atoms with van der Waals surface area (Å²) in [4.78, 5) is 11.9. The zero-order valence-electron chi connectivity index (χ0n) is 17.0. The normalized spacial score (nSPS) is 26.0. The number of rotatable bonds is 3. The summed E-state index contributed by atoms with van der Waals surface area (Å²) in [6.45, 7) is 4.62. The second-order valence-electron chi connectivity index (χ2n) is 8.20. The van der Waals surface area contributed by atoms with E-state index in [2.05, 4.69) is 5.32 Å². The quantitative estimate of drug-likeness (QED) is 0.729. The lowest BCUT2D eigenvalue weighted by atomic mass is 9.81. The van der Waals surface area contributed by atoms with Gasteiger partial charge in [-0.05, 0) is 42.3 Å². The van der Waals surface area contributed by atoms with Crippen LogP contribution < -0.4 is 14.8 Å². The van der Waals surface area contributed by atoms with E-state index in [-0.39, 0.29) is 23.9 Å². The van der Waals surface area contributed by atoms with E-state index in [0.717, 1.165) is 17.5 Å². The van der Waals surface area contributed by atoms with Crippen LogP contribution in [0.25, 0.3) is 0 Å². The third kappa shape index (κ3) is 4.55. The van der Waals surface area contributed by atoms with Gasteiger partial charge in [0.2, 0.25) is 5.91 Å². The Bertz CT molecular complexity index is 936. The van der Waals surface area contributed by atoms with Gasteiger partial charge in [-0.25, -0.2) is 4.39 Å². The largest absolute Gasteiger partial charge is 0.489 e. The summed E-state index contributed by atoms with van der Waals surface area (Å²) >= 11 is 6.49. The molecule has 0 radical (unpaired) electrons. The highest BCUT2D eigenvalue weighted by Crippen LogP contribution is 2.47. The lowest BCUT2D eigenvalue weighted by Crippen LogP contribution is -2.50. The van der Waals surface area contributed by atoms with Crippen LogP contribution in [-0.2, 0) is 9.53 Å². The summed E-state index contributed by atoms with van der Waals surface area (Å²) in [5.41, 5.74) is 1.22. The first-order valence-electron chi connectivity index (χ1n) is 10.1. The van der Waals surface area contributed by atoms with Crippen LogP contribution in [0.3, 0.4) is 0 Å². The summed E-state index contributed by atoms with van der Waals surface area (Å²) in [7, 11) is 0. The molecule has 0 aromatic heterocycles. The minimum Gasteiger partial charge on any atom is -0.489 e. The van der Waals surface area contributed by atoms with Gasteiger partial charge in [-0.1, -0.05) is 23.7 Å². The molecule has 4 rings (SSSR count). The number of fused-ring (bicyclic) bond motifs is 1. The van der Waals surface area contributed by atoms with Crippen molar-refractivity contribution in [1.82, 2.24) is 5.32 Å². The third-order valence-electron chi connectivity index (χ3n) is 5.52. The number of ether oxygens (including phenoxy) is 3. The molecular weight excluding hydrogens is 409 g/mol. The number of hydrogen-bond acceptors (Lipinski definition) is 4. The molecule has 0 spiro atoms. The molecule has 30 heavy (non-hydrogen) atoms. The van der Waals surface area contributed by atoms with Gasteiger partial charge in [-0.3, -0.25) is 4.79 Å². The van der Waals surface area contributed by atoms with Crippen LogP contribution in [0.2, 0.25) is 5.02 Å². The van der Waals surface area contributed by atoms with Crippen LogP contribution in [0.1, 0.15) is 56.4 Å². The Hall–Kier alpha value is -2.31. The lowest BCUT2D eigenvalue weighted by Gasteiger charge is -2.43. The predicted octanol–water partition coefficient (Wildman–Crippen LogP) is 5.13. The van der Waals surface area contributed by atoms with Gasteiger partial charge in [0, 0.05) is 31.7 Å². The van der Waals surface area contributed by atoms with Gasteiger partial charge < -0.3 is 19.5 Å². The van der Waals surface area contributed by atoms with Crippen molar-refractivity contribution in [2.24, 2.45) is 0 Å². The van der Waals surface area contributed by atoms with Crippen LogP contribution in [0.4, 0.5) is 4.39 Å². The van der Waals surface area contributed by atoms with E-state index in [4.69, 9.17) is 25.8 Å². The molecule has 2 aliphatic heterocycles. The van der Waals surface area contributed by atoms with E-state index < -0.39 is 5.54 Å². The highest BCUT2D eigenvalue weighted by molar-refractivity contribution is 6.32. The Kier molecular flexibility index (Phi) is 5.89. The van der Waals surface area contributed by atoms with Crippen LogP contribution in [0.15, 0.2) is 36.4 Å². The number of halogens is 2. The van der Waals surface area contributed by atoms with E-state index >= 15 is 0 Å². The molecule has 1 amide bonds. The first-order chi connectivity index (χ1) is 14.3. The van der Waals surface area contributed by atoms with E-state index in [1.165, 1.54) is 19.1 Å². The Morgan fingerprint density at radius 1 is 1.10 bits per heavy atom. The minimum atomic E-state index is -0.496. The summed E-state index contributed by atoms with van der Waals surface area (Å²) in [6.07, 6.45) is 1.29. The zero-order chi connectivity index (χ0) is 21.3.